The number of nitrogens with zero attached hydrogens (tertiary/aromatic N) is 5. The average Bonchev–Trinajstić information content (AvgIpc) is 3.34. The molecular weight excluding hydrogens is 318 g/mol. The van der Waals surface area contributed by atoms with Gasteiger partial charge in [-0.15, -0.1) is 5.10 Å². The number of rotatable bonds is 3. The van der Waals surface area contributed by atoms with Crippen LogP contribution < -0.4 is 5.32 Å². The number of imidazole rings is 1. The molecule has 8 heteroatoms. The molecule has 3 heterocycles. The van der Waals surface area contributed by atoms with Gasteiger partial charge in [0.15, 0.2) is 0 Å². The zero-order chi connectivity index (χ0) is 17.1. The molecule has 2 N–H and O–H groups in total. The summed E-state index contributed by atoms with van der Waals surface area (Å²) in [6, 6.07) is 0.254. The molecule has 4 rings (SSSR count). The zero-order valence-corrected chi connectivity index (χ0v) is 14.4. The van der Waals surface area contributed by atoms with Gasteiger partial charge in [-0.1, -0.05) is 19.3 Å². The number of hydrogen-bond donors (Lipinski definition) is 2. The van der Waals surface area contributed by atoms with Crippen LogP contribution in [0.1, 0.15) is 69.3 Å². The van der Waals surface area contributed by atoms with Crippen LogP contribution in [-0.2, 0) is 0 Å². The molecule has 0 radical (unpaired) electrons. The van der Waals surface area contributed by atoms with Gasteiger partial charge in [-0.25, -0.2) is 19.4 Å². The maximum Gasteiger partial charge on any atom is 0.324 e. The summed E-state index contributed by atoms with van der Waals surface area (Å²) in [5.41, 5.74) is 0. The Hall–Kier alpha value is -2.38. The minimum atomic E-state index is -0.150. The van der Waals surface area contributed by atoms with Crippen LogP contribution >= 0.6 is 0 Å². The monoisotopic (exact) mass is 343 g/mol. The van der Waals surface area contributed by atoms with Crippen molar-refractivity contribution < 1.29 is 4.79 Å². The Balaban J connectivity index is 1.43. The molecule has 1 saturated carbocycles. The lowest BCUT2D eigenvalue weighted by molar-refractivity contribution is 0.159. The van der Waals surface area contributed by atoms with E-state index >= 15 is 0 Å². The Bertz CT molecular complexity index is 690. The molecule has 1 aliphatic heterocycles. The van der Waals surface area contributed by atoms with Crippen LogP contribution in [0, 0.1) is 0 Å². The third-order valence-electron chi connectivity index (χ3n) is 5.27. The van der Waals surface area contributed by atoms with Crippen molar-refractivity contribution in [2.45, 2.75) is 63.5 Å². The van der Waals surface area contributed by atoms with Gasteiger partial charge in [-0.3, -0.25) is 5.32 Å². The Morgan fingerprint density at radius 2 is 1.96 bits per heavy atom. The van der Waals surface area contributed by atoms with Crippen LogP contribution in [0.3, 0.4) is 0 Å². The predicted molar refractivity (Wildman–Crippen MR) is 93.0 cm³/mol. The van der Waals surface area contributed by atoms with E-state index in [-0.39, 0.29) is 12.1 Å². The largest absolute Gasteiger partial charge is 0.347 e. The van der Waals surface area contributed by atoms with Gasteiger partial charge in [0.05, 0.1) is 12.1 Å². The van der Waals surface area contributed by atoms with E-state index in [1.54, 1.807) is 18.7 Å². The molecule has 1 atom stereocenters. The number of hydrogen-bond acceptors (Lipinski definition) is 4. The number of carbonyl (C=O) groups is 1. The number of aromatic amines is 1. The quantitative estimate of drug-likeness (QED) is 0.895. The molecule has 2 aromatic heterocycles. The molecule has 2 aromatic rings. The van der Waals surface area contributed by atoms with Gasteiger partial charge >= 0.3 is 6.03 Å². The highest BCUT2D eigenvalue weighted by Crippen LogP contribution is 2.30. The molecule has 1 saturated heterocycles. The van der Waals surface area contributed by atoms with Gasteiger partial charge < -0.3 is 9.88 Å². The van der Waals surface area contributed by atoms with Crippen molar-refractivity contribution in [3.63, 3.8) is 0 Å². The molecule has 0 aromatic carbocycles. The summed E-state index contributed by atoms with van der Waals surface area (Å²) in [5, 5.41) is 7.35. The molecule has 0 bridgehead atoms. The molecular formula is C17H25N7O. The van der Waals surface area contributed by atoms with Crippen molar-refractivity contribution in [2.24, 2.45) is 0 Å². The molecule has 2 fully saturated rings. The highest BCUT2D eigenvalue weighted by atomic mass is 16.2. The van der Waals surface area contributed by atoms with E-state index in [2.05, 4.69) is 25.4 Å². The first-order valence-electron chi connectivity index (χ1n) is 9.29. The smallest absolute Gasteiger partial charge is 0.324 e. The highest BCUT2D eigenvalue weighted by Gasteiger charge is 2.30. The van der Waals surface area contributed by atoms with E-state index in [0.717, 1.165) is 44.5 Å². The number of aromatic nitrogens is 5. The number of urea groups is 1. The molecule has 1 aliphatic carbocycles. The van der Waals surface area contributed by atoms with Gasteiger partial charge in [0.2, 0.25) is 5.95 Å². The molecule has 134 valence electrons. The number of piperidine rings is 1. The average molecular weight is 343 g/mol. The third kappa shape index (κ3) is 3.52. The van der Waals surface area contributed by atoms with Gasteiger partial charge in [-0.2, -0.15) is 0 Å². The maximum atomic E-state index is 12.7. The Morgan fingerprint density at radius 1 is 1.12 bits per heavy atom. The van der Waals surface area contributed by atoms with Gasteiger partial charge in [0, 0.05) is 18.9 Å². The first kappa shape index (κ1) is 16.1. The van der Waals surface area contributed by atoms with Crippen LogP contribution in [0.5, 0.6) is 0 Å². The summed E-state index contributed by atoms with van der Waals surface area (Å²) in [7, 11) is 0. The topological polar surface area (TPSA) is 91.7 Å². The maximum absolute atomic E-state index is 12.7. The van der Waals surface area contributed by atoms with E-state index in [4.69, 9.17) is 0 Å². The Kier molecular flexibility index (Phi) is 4.67. The molecule has 8 nitrogen and oxygen atoms in total. The van der Waals surface area contributed by atoms with Crippen molar-refractivity contribution >= 4 is 12.0 Å². The molecule has 0 unspecified atom stereocenters. The van der Waals surface area contributed by atoms with Crippen LogP contribution in [0.4, 0.5) is 10.7 Å². The number of nitrogens with one attached hydrogen (secondary N) is 2. The van der Waals surface area contributed by atoms with E-state index in [1.165, 1.54) is 19.3 Å². The summed E-state index contributed by atoms with van der Waals surface area (Å²) in [4.78, 5) is 26.3. The van der Waals surface area contributed by atoms with E-state index in [9.17, 15) is 4.79 Å². The standard InChI is InChI=1S/C17H25N7O/c25-17(23-11-5-4-8-14(23)15-18-9-10-19-15)21-16-20-12-24(22-16)13-6-2-1-3-7-13/h9-10,12-14H,1-8,11H2,(H,18,19)(H,21,22,25)/t14-/m0/s1. The molecule has 2 amide bonds. The van der Waals surface area contributed by atoms with E-state index in [1.807, 2.05) is 9.58 Å². The van der Waals surface area contributed by atoms with Crippen LogP contribution in [0.25, 0.3) is 0 Å². The van der Waals surface area contributed by atoms with Crippen LogP contribution in [0.2, 0.25) is 0 Å². The Morgan fingerprint density at radius 3 is 2.76 bits per heavy atom. The lowest BCUT2D eigenvalue weighted by atomic mass is 9.96. The molecule has 2 aliphatic rings. The normalized spacial score (nSPS) is 22.1. The third-order valence-corrected chi connectivity index (χ3v) is 5.27. The first-order chi connectivity index (χ1) is 12.3. The fraction of sp³-hybridized carbons (Fsp3) is 0.647. The summed E-state index contributed by atoms with van der Waals surface area (Å²) in [6.45, 7) is 0.723. The zero-order valence-electron chi connectivity index (χ0n) is 14.4. The number of H-pyrrole nitrogens is 1. The summed E-state index contributed by atoms with van der Waals surface area (Å²) < 4.78 is 1.91. The summed E-state index contributed by atoms with van der Waals surface area (Å²) in [5.74, 6) is 1.23. The van der Waals surface area contributed by atoms with Crippen molar-refractivity contribution in [3.8, 4) is 0 Å². The SMILES string of the molecule is O=C(Nc1ncn(C2CCCCC2)n1)N1CCCC[C@H]1c1ncc[nH]1. The van der Waals surface area contributed by atoms with Crippen LogP contribution in [-0.4, -0.2) is 42.2 Å². The minimum Gasteiger partial charge on any atom is -0.347 e. The summed E-state index contributed by atoms with van der Waals surface area (Å²) >= 11 is 0. The van der Waals surface area contributed by atoms with E-state index < -0.39 is 0 Å². The fourth-order valence-electron chi connectivity index (χ4n) is 3.94. The summed E-state index contributed by atoms with van der Waals surface area (Å²) in [6.07, 6.45) is 14.4. The number of anilines is 1. The van der Waals surface area contributed by atoms with Gasteiger partial charge in [-0.05, 0) is 32.1 Å². The number of carbonyl (C=O) groups excluding carboxylic acids is 1. The first-order valence-corrected chi connectivity index (χ1v) is 9.29. The van der Waals surface area contributed by atoms with Crippen molar-refractivity contribution in [1.82, 2.24) is 29.6 Å². The van der Waals surface area contributed by atoms with Crippen molar-refractivity contribution in [1.29, 1.82) is 0 Å². The Labute approximate surface area is 147 Å². The lowest BCUT2D eigenvalue weighted by Gasteiger charge is -2.34. The van der Waals surface area contributed by atoms with E-state index in [0.29, 0.717) is 12.0 Å². The highest BCUT2D eigenvalue weighted by molar-refractivity contribution is 5.87. The number of likely N-dealkylation sites (tertiary alicyclic amines) is 1. The molecule has 0 spiro atoms. The lowest BCUT2D eigenvalue weighted by Crippen LogP contribution is -2.41. The minimum absolute atomic E-state index is 0.0100. The van der Waals surface area contributed by atoms with Gasteiger partial charge in [0.25, 0.3) is 0 Å². The number of amides is 2. The predicted octanol–water partition coefficient (Wildman–Crippen LogP) is 3.27. The van der Waals surface area contributed by atoms with Crippen molar-refractivity contribution in [2.75, 3.05) is 11.9 Å². The fourth-order valence-corrected chi connectivity index (χ4v) is 3.94. The van der Waals surface area contributed by atoms with Gasteiger partial charge in [0.1, 0.15) is 12.2 Å². The van der Waals surface area contributed by atoms with Crippen LogP contribution in [0.15, 0.2) is 18.7 Å². The molecule has 25 heavy (non-hydrogen) atoms. The second-order valence-electron chi connectivity index (χ2n) is 6.95. The van der Waals surface area contributed by atoms with Crippen molar-refractivity contribution in [3.05, 3.63) is 24.5 Å². The second-order valence-corrected chi connectivity index (χ2v) is 6.95. The second kappa shape index (κ2) is 7.25.